The molecule has 1 aliphatic rings. The molecule has 0 radical (unpaired) electrons. The van der Waals surface area contributed by atoms with Gasteiger partial charge in [0.2, 0.25) is 0 Å². The zero-order chi connectivity index (χ0) is 13.1. The molecule has 2 rings (SSSR count). The molecule has 1 heterocycles. The Kier molecular flexibility index (Phi) is 4.59. The predicted molar refractivity (Wildman–Crippen MR) is 79.5 cm³/mol. The van der Waals surface area contributed by atoms with Crippen LogP contribution in [0, 0.1) is 5.82 Å². The highest BCUT2D eigenvalue weighted by atomic mass is 32.2. The molecule has 0 aliphatic carbocycles. The fourth-order valence-electron chi connectivity index (χ4n) is 2.13. The lowest BCUT2D eigenvalue weighted by Crippen LogP contribution is -2.40. The molecule has 1 saturated heterocycles. The number of hydrogen-bond acceptors (Lipinski definition) is 3. The van der Waals surface area contributed by atoms with Gasteiger partial charge in [-0.2, -0.15) is 11.8 Å². The van der Waals surface area contributed by atoms with Gasteiger partial charge in [-0.15, -0.1) is 0 Å². The fraction of sp³-hybridized carbons (Fsp3) is 0.462. The Bertz CT molecular complexity index is 451. The third kappa shape index (κ3) is 3.22. The van der Waals surface area contributed by atoms with E-state index in [2.05, 4.69) is 11.8 Å². The van der Waals surface area contributed by atoms with Gasteiger partial charge in [-0.3, -0.25) is 4.90 Å². The molecule has 1 atom stereocenters. The van der Waals surface area contributed by atoms with Crippen LogP contribution in [0.15, 0.2) is 18.2 Å². The molecule has 1 aliphatic heterocycles. The third-order valence-corrected chi connectivity index (χ3v) is 4.63. The van der Waals surface area contributed by atoms with Gasteiger partial charge in [-0.05, 0) is 24.6 Å². The summed E-state index contributed by atoms with van der Waals surface area (Å²) >= 11 is 6.97. The average Bonchev–Trinajstić information content (AvgIpc) is 2.34. The predicted octanol–water partition coefficient (Wildman–Crippen LogP) is 2.40. The maximum atomic E-state index is 13.2. The molecule has 1 aromatic carbocycles. The van der Waals surface area contributed by atoms with Crippen LogP contribution in [0.2, 0.25) is 0 Å². The quantitative estimate of drug-likeness (QED) is 0.863. The summed E-state index contributed by atoms with van der Waals surface area (Å²) < 4.78 is 13.2. The van der Waals surface area contributed by atoms with Crippen molar-refractivity contribution in [2.24, 2.45) is 5.73 Å². The van der Waals surface area contributed by atoms with E-state index < -0.39 is 0 Å². The standard InChI is InChI=1S/C13H17FN2S2/c1-9-8-18-5-4-16(9)7-10-2-3-11(14)6-12(10)13(15)17/h2-3,6,9H,4-5,7-8H2,1H3,(H2,15,17). The molecule has 0 spiro atoms. The van der Waals surface area contributed by atoms with Gasteiger partial charge in [0, 0.05) is 36.2 Å². The van der Waals surface area contributed by atoms with Crippen molar-refractivity contribution in [2.75, 3.05) is 18.1 Å². The molecule has 2 nitrogen and oxygen atoms in total. The molecule has 1 unspecified atom stereocenters. The van der Waals surface area contributed by atoms with E-state index in [9.17, 15) is 4.39 Å². The van der Waals surface area contributed by atoms with Gasteiger partial charge >= 0.3 is 0 Å². The Morgan fingerprint density at radius 1 is 1.61 bits per heavy atom. The minimum Gasteiger partial charge on any atom is -0.389 e. The summed E-state index contributed by atoms with van der Waals surface area (Å²) in [7, 11) is 0. The van der Waals surface area contributed by atoms with Crippen LogP contribution in [0.1, 0.15) is 18.1 Å². The molecule has 5 heteroatoms. The molecule has 0 aromatic heterocycles. The van der Waals surface area contributed by atoms with Crippen LogP contribution >= 0.6 is 24.0 Å². The molecule has 98 valence electrons. The Morgan fingerprint density at radius 3 is 3.06 bits per heavy atom. The Hall–Kier alpha value is -0.650. The smallest absolute Gasteiger partial charge is 0.123 e. The van der Waals surface area contributed by atoms with Crippen molar-refractivity contribution in [1.29, 1.82) is 0 Å². The molecule has 0 amide bonds. The number of thioether (sulfide) groups is 1. The number of halogens is 1. The Balaban J connectivity index is 2.20. The fourth-order valence-corrected chi connectivity index (χ4v) is 3.40. The van der Waals surface area contributed by atoms with E-state index in [1.165, 1.54) is 12.1 Å². The molecule has 1 fully saturated rings. The minimum absolute atomic E-state index is 0.267. The van der Waals surface area contributed by atoms with Crippen molar-refractivity contribution in [3.8, 4) is 0 Å². The van der Waals surface area contributed by atoms with Crippen molar-refractivity contribution < 1.29 is 4.39 Å². The zero-order valence-electron chi connectivity index (χ0n) is 10.4. The lowest BCUT2D eigenvalue weighted by Gasteiger charge is -2.33. The molecule has 1 aromatic rings. The molecular formula is C13H17FN2S2. The van der Waals surface area contributed by atoms with Crippen LogP contribution in [-0.4, -0.2) is 34.0 Å². The van der Waals surface area contributed by atoms with Crippen LogP contribution in [0.25, 0.3) is 0 Å². The second kappa shape index (κ2) is 5.99. The van der Waals surface area contributed by atoms with Crippen molar-refractivity contribution in [3.05, 3.63) is 35.1 Å². The number of rotatable bonds is 3. The van der Waals surface area contributed by atoms with E-state index in [1.54, 1.807) is 6.07 Å². The number of thiocarbonyl (C=S) groups is 1. The zero-order valence-corrected chi connectivity index (χ0v) is 12.0. The highest BCUT2D eigenvalue weighted by molar-refractivity contribution is 7.99. The molecular weight excluding hydrogens is 267 g/mol. The minimum atomic E-state index is -0.288. The number of benzene rings is 1. The van der Waals surface area contributed by atoms with Crippen molar-refractivity contribution in [1.82, 2.24) is 4.90 Å². The van der Waals surface area contributed by atoms with E-state index in [4.69, 9.17) is 18.0 Å². The van der Waals surface area contributed by atoms with Gasteiger partial charge in [0.05, 0.1) is 0 Å². The summed E-state index contributed by atoms with van der Waals surface area (Å²) in [6.07, 6.45) is 0. The van der Waals surface area contributed by atoms with Gasteiger partial charge in [0.25, 0.3) is 0 Å². The average molecular weight is 284 g/mol. The third-order valence-electron chi connectivity index (χ3n) is 3.22. The van der Waals surface area contributed by atoms with Gasteiger partial charge in [0.1, 0.15) is 10.8 Å². The summed E-state index contributed by atoms with van der Waals surface area (Å²) in [5.41, 5.74) is 7.34. The van der Waals surface area contributed by atoms with Crippen LogP contribution in [0.3, 0.4) is 0 Å². The number of nitrogens with two attached hydrogens (primary N) is 1. The van der Waals surface area contributed by atoms with E-state index in [0.717, 1.165) is 30.2 Å². The number of nitrogens with zero attached hydrogens (tertiary/aromatic N) is 1. The summed E-state index contributed by atoms with van der Waals surface area (Å²) in [6.45, 7) is 4.06. The summed E-state index contributed by atoms with van der Waals surface area (Å²) in [6, 6.07) is 5.23. The summed E-state index contributed by atoms with van der Waals surface area (Å²) in [5, 5.41) is 0. The van der Waals surface area contributed by atoms with Gasteiger partial charge in [0.15, 0.2) is 0 Å². The Morgan fingerprint density at radius 2 is 2.39 bits per heavy atom. The molecule has 0 saturated carbocycles. The first-order valence-electron chi connectivity index (χ1n) is 5.98. The van der Waals surface area contributed by atoms with E-state index >= 15 is 0 Å². The summed E-state index contributed by atoms with van der Waals surface area (Å²) in [4.78, 5) is 2.66. The SMILES string of the molecule is CC1CSCCN1Cc1ccc(F)cc1C(N)=S. The largest absolute Gasteiger partial charge is 0.389 e. The van der Waals surface area contributed by atoms with Gasteiger partial charge in [-0.25, -0.2) is 4.39 Å². The second-order valence-corrected chi connectivity index (χ2v) is 6.15. The van der Waals surface area contributed by atoms with Crippen molar-refractivity contribution in [3.63, 3.8) is 0 Å². The topological polar surface area (TPSA) is 29.3 Å². The Labute approximate surface area is 117 Å². The monoisotopic (exact) mass is 284 g/mol. The van der Waals surface area contributed by atoms with Crippen LogP contribution in [0.5, 0.6) is 0 Å². The molecule has 2 N–H and O–H groups in total. The van der Waals surface area contributed by atoms with Crippen LogP contribution < -0.4 is 5.73 Å². The van der Waals surface area contributed by atoms with Crippen LogP contribution in [-0.2, 0) is 6.54 Å². The molecule has 18 heavy (non-hydrogen) atoms. The first kappa shape index (κ1) is 13.8. The highest BCUT2D eigenvalue weighted by Gasteiger charge is 2.20. The maximum absolute atomic E-state index is 13.2. The lowest BCUT2D eigenvalue weighted by molar-refractivity contribution is 0.224. The van der Waals surface area contributed by atoms with Crippen molar-refractivity contribution in [2.45, 2.75) is 19.5 Å². The first-order chi connectivity index (χ1) is 8.58. The van der Waals surface area contributed by atoms with Gasteiger partial charge in [-0.1, -0.05) is 18.3 Å². The molecule has 0 bridgehead atoms. The van der Waals surface area contributed by atoms with E-state index in [0.29, 0.717) is 11.6 Å². The second-order valence-electron chi connectivity index (χ2n) is 4.56. The van der Waals surface area contributed by atoms with Crippen molar-refractivity contribution >= 4 is 29.0 Å². The number of hydrogen-bond donors (Lipinski definition) is 1. The lowest BCUT2D eigenvalue weighted by atomic mass is 10.1. The summed E-state index contributed by atoms with van der Waals surface area (Å²) in [5.74, 6) is 2.00. The highest BCUT2D eigenvalue weighted by Crippen LogP contribution is 2.20. The van der Waals surface area contributed by atoms with Crippen LogP contribution in [0.4, 0.5) is 4.39 Å². The normalized spacial score (nSPS) is 20.9. The van der Waals surface area contributed by atoms with Gasteiger partial charge < -0.3 is 5.73 Å². The first-order valence-corrected chi connectivity index (χ1v) is 7.54. The van der Waals surface area contributed by atoms with E-state index in [1.807, 2.05) is 11.8 Å². The van der Waals surface area contributed by atoms with E-state index in [-0.39, 0.29) is 10.8 Å². The maximum Gasteiger partial charge on any atom is 0.123 e.